The van der Waals surface area contributed by atoms with Crippen LogP contribution in [0.2, 0.25) is 0 Å². The fourth-order valence-electron chi connectivity index (χ4n) is 1.80. The summed E-state index contributed by atoms with van der Waals surface area (Å²) in [6.07, 6.45) is 5.90. The van der Waals surface area contributed by atoms with Crippen molar-refractivity contribution in [2.75, 3.05) is 6.61 Å². The van der Waals surface area contributed by atoms with Gasteiger partial charge in [-0.3, -0.25) is 9.78 Å². The Kier molecular flexibility index (Phi) is 6.29. The number of nitrogens with one attached hydrogen (secondary N) is 1. The molecule has 0 radical (unpaired) electrons. The highest BCUT2D eigenvalue weighted by molar-refractivity contribution is 5.94. The molecule has 1 N–H and O–H groups in total. The van der Waals surface area contributed by atoms with Gasteiger partial charge in [-0.05, 0) is 42.7 Å². The third-order valence-corrected chi connectivity index (χ3v) is 3.14. The number of amides is 1. The van der Waals surface area contributed by atoms with Gasteiger partial charge in [0.25, 0.3) is 5.91 Å². The molecule has 0 bridgehead atoms. The average molecular weight is 311 g/mol. The summed E-state index contributed by atoms with van der Waals surface area (Å²) in [5, 5.41) is 3.91. The van der Waals surface area contributed by atoms with Crippen LogP contribution in [0.15, 0.2) is 53.9 Å². The monoisotopic (exact) mass is 311 g/mol. The van der Waals surface area contributed by atoms with Crippen LogP contribution in [-0.4, -0.2) is 23.7 Å². The predicted molar refractivity (Wildman–Crippen MR) is 90.7 cm³/mol. The Morgan fingerprint density at radius 3 is 2.74 bits per heavy atom. The molecule has 0 aliphatic heterocycles. The van der Waals surface area contributed by atoms with Gasteiger partial charge in [-0.2, -0.15) is 5.10 Å². The van der Waals surface area contributed by atoms with E-state index in [4.69, 9.17) is 4.74 Å². The number of pyridine rings is 1. The topological polar surface area (TPSA) is 63.6 Å². The number of aromatic nitrogens is 1. The van der Waals surface area contributed by atoms with E-state index in [1.165, 1.54) is 0 Å². The van der Waals surface area contributed by atoms with Crippen LogP contribution >= 0.6 is 0 Å². The van der Waals surface area contributed by atoms with Crippen LogP contribution in [0.4, 0.5) is 0 Å². The highest BCUT2D eigenvalue weighted by Crippen LogP contribution is 2.13. The van der Waals surface area contributed by atoms with Crippen molar-refractivity contribution >= 4 is 12.1 Å². The molecular weight excluding hydrogens is 290 g/mol. The van der Waals surface area contributed by atoms with Gasteiger partial charge in [0, 0.05) is 23.5 Å². The summed E-state index contributed by atoms with van der Waals surface area (Å²) in [5.41, 5.74) is 3.84. The first-order chi connectivity index (χ1) is 11.1. The first-order valence-electron chi connectivity index (χ1n) is 7.61. The summed E-state index contributed by atoms with van der Waals surface area (Å²) in [4.78, 5) is 15.9. The quantitative estimate of drug-likeness (QED) is 0.630. The van der Waals surface area contributed by atoms with E-state index in [-0.39, 0.29) is 5.91 Å². The molecule has 1 amide bonds. The first-order valence-corrected chi connectivity index (χ1v) is 7.61. The molecule has 120 valence electrons. The average Bonchev–Trinajstić information content (AvgIpc) is 2.56. The number of nitrogens with zero attached hydrogens (tertiary/aromatic N) is 2. The standard InChI is InChI=1S/C18H21N3O2/c1-14(2)9-11-23-17-7-5-16(6-8-17)18(22)21-20-13-15-4-3-10-19-12-15/h3-8,10,12-14H,9,11H2,1-2H3,(H,21,22)/b20-13-. The van der Waals surface area contributed by atoms with E-state index in [9.17, 15) is 4.79 Å². The third-order valence-electron chi connectivity index (χ3n) is 3.14. The Balaban J connectivity index is 1.84. The first kappa shape index (κ1) is 16.7. The summed E-state index contributed by atoms with van der Waals surface area (Å²) < 4.78 is 5.62. The maximum atomic E-state index is 12.0. The van der Waals surface area contributed by atoms with Crippen molar-refractivity contribution in [3.63, 3.8) is 0 Å². The number of hydrogen-bond donors (Lipinski definition) is 1. The molecule has 2 aromatic rings. The summed E-state index contributed by atoms with van der Waals surface area (Å²) in [5.74, 6) is 1.11. The second kappa shape index (κ2) is 8.68. The third kappa shape index (κ3) is 5.90. The van der Waals surface area contributed by atoms with Gasteiger partial charge in [-0.1, -0.05) is 19.9 Å². The molecule has 1 heterocycles. The minimum Gasteiger partial charge on any atom is -0.494 e. The van der Waals surface area contributed by atoms with Gasteiger partial charge in [-0.25, -0.2) is 5.43 Å². The summed E-state index contributed by atoms with van der Waals surface area (Å²) in [6, 6.07) is 10.7. The van der Waals surface area contributed by atoms with Crippen molar-refractivity contribution in [1.29, 1.82) is 0 Å². The lowest BCUT2D eigenvalue weighted by molar-refractivity contribution is 0.0955. The zero-order chi connectivity index (χ0) is 16.5. The van der Waals surface area contributed by atoms with Gasteiger partial charge in [0.15, 0.2) is 0 Å². The molecule has 5 heteroatoms. The molecule has 23 heavy (non-hydrogen) atoms. The van der Waals surface area contributed by atoms with Crippen LogP contribution in [0.1, 0.15) is 36.2 Å². The fourth-order valence-corrected chi connectivity index (χ4v) is 1.80. The van der Waals surface area contributed by atoms with Gasteiger partial charge in [-0.15, -0.1) is 0 Å². The Morgan fingerprint density at radius 1 is 1.30 bits per heavy atom. The van der Waals surface area contributed by atoms with E-state index in [2.05, 4.69) is 29.4 Å². The highest BCUT2D eigenvalue weighted by Gasteiger charge is 2.04. The Labute approximate surface area is 136 Å². The molecule has 0 unspecified atom stereocenters. The molecule has 1 aromatic heterocycles. The van der Waals surface area contributed by atoms with Crippen LogP contribution in [0.3, 0.4) is 0 Å². The predicted octanol–water partition coefficient (Wildman–Crippen LogP) is 3.27. The molecule has 1 aromatic carbocycles. The number of benzene rings is 1. The smallest absolute Gasteiger partial charge is 0.271 e. The molecule has 0 saturated carbocycles. The highest BCUT2D eigenvalue weighted by atomic mass is 16.5. The summed E-state index contributed by atoms with van der Waals surface area (Å²) in [7, 11) is 0. The maximum absolute atomic E-state index is 12.0. The fraction of sp³-hybridized carbons (Fsp3) is 0.278. The zero-order valence-electron chi connectivity index (χ0n) is 13.4. The Morgan fingerprint density at radius 2 is 2.09 bits per heavy atom. The lowest BCUT2D eigenvalue weighted by Gasteiger charge is -2.08. The van der Waals surface area contributed by atoms with E-state index < -0.39 is 0 Å². The van der Waals surface area contributed by atoms with Gasteiger partial charge >= 0.3 is 0 Å². The van der Waals surface area contributed by atoms with E-state index in [1.807, 2.05) is 6.07 Å². The van der Waals surface area contributed by atoms with Crippen LogP contribution in [-0.2, 0) is 0 Å². The van der Waals surface area contributed by atoms with Crippen molar-refractivity contribution in [3.05, 3.63) is 59.9 Å². The van der Waals surface area contributed by atoms with Gasteiger partial charge in [0.1, 0.15) is 5.75 Å². The number of carbonyl (C=O) groups is 1. The number of rotatable bonds is 7. The molecule has 0 spiro atoms. The molecule has 0 fully saturated rings. The lowest BCUT2D eigenvalue weighted by Crippen LogP contribution is -2.17. The summed E-state index contributed by atoms with van der Waals surface area (Å²) in [6.45, 7) is 4.99. The molecule has 2 rings (SSSR count). The van der Waals surface area contributed by atoms with Crippen LogP contribution in [0.25, 0.3) is 0 Å². The van der Waals surface area contributed by atoms with Crippen LogP contribution < -0.4 is 10.2 Å². The maximum Gasteiger partial charge on any atom is 0.271 e. The van der Waals surface area contributed by atoms with Crippen molar-refractivity contribution in [2.45, 2.75) is 20.3 Å². The number of carbonyl (C=O) groups excluding carboxylic acids is 1. The minimum absolute atomic E-state index is 0.265. The Bertz CT molecular complexity index is 637. The Hall–Kier alpha value is -2.69. The minimum atomic E-state index is -0.265. The van der Waals surface area contributed by atoms with Gasteiger partial charge < -0.3 is 4.74 Å². The molecule has 5 nitrogen and oxygen atoms in total. The summed E-state index contributed by atoms with van der Waals surface area (Å²) >= 11 is 0. The SMILES string of the molecule is CC(C)CCOc1ccc(C(=O)N/N=C\c2cccnc2)cc1. The van der Waals surface area contributed by atoms with Crippen molar-refractivity contribution < 1.29 is 9.53 Å². The van der Waals surface area contributed by atoms with E-state index in [0.717, 1.165) is 17.7 Å². The van der Waals surface area contributed by atoms with E-state index >= 15 is 0 Å². The molecule has 0 aliphatic carbocycles. The number of hydrazone groups is 1. The second-order valence-electron chi connectivity index (χ2n) is 5.54. The van der Waals surface area contributed by atoms with Crippen LogP contribution in [0, 0.1) is 5.92 Å². The van der Waals surface area contributed by atoms with Crippen LogP contribution in [0.5, 0.6) is 5.75 Å². The molecular formula is C18H21N3O2. The number of hydrogen-bond acceptors (Lipinski definition) is 4. The van der Waals surface area contributed by atoms with E-state index in [0.29, 0.717) is 18.1 Å². The molecule has 0 atom stereocenters. The normalized spacial score (nSPS) is 10.9. The largest absolute Gasteiger partial charge is 0.494 e. The van der Waals surface area contributed by atoms with E-state index in [1.54, 1.807) is 48.9 Å². The molecule has 0 saturated heterocycles. The van der Waals surface area contributed by atoms with Crippen molar-refractivity contribution in [3.8, 4) is 5.75 Å². The van der Waals surface area contributed by atoms with Gasteiger partial charge in [0.05, 0.1) is 12.8 Å². The number of ether oxygens (including phenoxy) is 1. The second-order valence-corrected chi connectivity index (χ2v) is 5.54. The van der Waals surface area contributed by atoms with Gasteiger partial charge in [0.2, 0.25) is 0 Å². The van der Waals surface area contributed by atoms with Crippen molar-refractivity contribution in [1.82, 2.24) is 10.4 Å². The lowest BCUT2D eigenvalue weighted by atomic mass is 10.1. The zero-order valence-corrected chi connectivity index (χ0v) is 13.4. The van der Waals surface area contributed by atoms with Crippen molar-refractivity contribution in [2.24, 2.45) is 11.0 Å². The molecule has 0 aliphatic rings.